The van der Waals surface area contributed by atoms with E-state index < -0.39 is 6.09 Å². The number of amidine groups is 1. The summed E-state index contributed by atoms with van der Waals surface area (Å²) in [5, 5.41) is 2.55. The van der Waals surface area contributed by atoms with Crippen LogP contribution in [-0.2, 0) is 22.3 Å². The molecule has 0 fully saturated rings. The van der Waals surface area contributed by atoms with E-state index in [1.807, 2.05) is 12.4 Å². The predicted octanol–water partition coefficient (Wildman–Crippen LogP) is 2.32. The molecule has 4 rings (SSSR count). The molecule has 1 N–H and O–H groups in total. The Hall–Kier alpha value is -2.53. The van der Waals surface area contributed by atoms with Gasteiger partial charge in [0.15, 0.2) is 0 Å². The number of amides is 1. The van der Waals surface area contributed by atoms with E-state index in [1.54, 1.807) is 0 Å². The minimum Gasteiger partial charge on any atom is -0.462 e. The number of nitrogens with zero attached hydrogens (tertiary/aromatic N) is 3. The summed E-state index contributed by atoms with van der Waals surface area (Å²) < 4.78 is 10.4. The number of rotatable bonds is 2. The first-order chi connectivity index (χ1) is 12.7. The number of hydrogen-bond donors (Lipinski definition) is 1. The maximum Gasteiger partial charge on any atom is 0.415 e. The molecule has 1 aromatic carbocycles. The molecule has 1 aliphatic carbocycles. The van der Waals surface area contributed by atoms with Crippen molar-refractivity contribution in [1.82, 2.24) is 15.3 Å². The molecule has 0 saturated carbocycles. The molecule has 134 valence electrons. The van der Waals surface area contributed by atoms with Crippen LogP contribution in [0.5, 0.6) is 0 Å². The highest BCUT2D eigenvalue weighted by Crippen LogP contribution is 2.38. The highest BCUT2D eigenvalue weighted by Gasteiger charge is 2.40. The van der Waals surface area contributed by atoms with E-state index in [0.29, 0.717) is 6.61 Å². The molecule has 1 aromatic heterocycles. The maximum absolute atomic E-state index is 11.6. The van der Waals surface area contributed by atoms with E-state index in [4.69, 9.17) is 9.47 Å². The summed E-state index contributed by atoms with van der Waals surface area (Å²) in [6.45, 7) is 0.460. The Morgan fingerprint density at radius 1 is 1.35 bits per heavy atom. The fourth-order valence-corrected chi connectivity index (χ4v) is 3.72. The number of alkyl carbamates (subject to hydrolysis) is 1. The molecule has 0 saturated heterocycles. The molecule has 2 aromatic rings. The van der Waals surface area contributed by atoms with Gasteiger partial charge in [0.1, 0.15) is 24.8 Å². The molecule has 1 amide bonds. The normalized spacial score (nSPS) is 20.9. The van der Waals surface area contributed by atoms with Crippen LogP contribution in [0, 0.1) is 0 Å². The Bertz CT molecular complexity index is 859. The number of benzene rings is 1. The average Bonchev–Trinajstić information content (AvgIpc) is 3.03. The van der Waals surface area contributed by atoms with Gasteiger partial charge in [0.2, 0.25) is 0 Å². The van der Waals surface area contributed by atoms with Crippen molar-refractivity contribution in [3.8, 4) is 11.1 Å². The molecule has 8 heteroatoms. The van der Waals surface area contributed by atoms with Crippen LogP contribution in [0.3, 0.4) is 0 Å². The second kappa shape index (κ2) is 7.00. The summed E-state index contributed by atoms with van der Waals surface area (Å²) in [7, 11) is 2.33. The zero-order chi connectivity index (χ0) is 18.0. The number of ether oxygens (including phenoxy) is 2. The fraction of sp³-hybridized carbons (Fsp3) is 0.333. The summed E-state index contributed by atoms with van der Waals surface area (Å²) in [6.07, 6.45) is 7.39. The number of aliphatic imine (C=N–C) groups is 1. The second-order valence-electron chi connectivity index (χ2n) is 6.40. The van der Waals surface area contributed by atoms with Crippen molar-refractivity contribution in [2.24, 2.45) is 4.99 Å². The maximum atomic E-state index is 11.6. The third-order valence-corrected chi connectivity index (χ3v) is 4.91. The molecule has 2 heterocycles. The zero-order valence-corrected chi connectivity index (χ0v) is 15.3. The van der Waals surface area contributed by atoms with Gasteiger partial charge in [-0.2, -0.15) is 0 Å². The van der Waals surface area contributed by atoms with Crippen LogP contribution in [0.1, 0.15) is 17.5 Å². The molecule has 2 unspecified atom stereocenters. The van der Waals surface area contributed by atoms with Crippen LogP contribution >= 0.6 is 9.24 Å². The SMILES string of the molecule is O=C(NC1=NC2(CCc3c(cccc3-c3cncnc3)C2)CO1)OCP. The van der Waals surface area contributed by atoms with E-state index in [2.05, 4.69) is 47.7 Å². The first-order valence-corrected chi connectivity index (χ1v) is 9.23. The molecule has 1 spiro atoms. The van der Waals surface area contributed by atoms with E-state index in [-0.39, 0.29) is 17.9 Å². The van der Waals surface area contributed by atoms with Gasteiger partial charge in [-0.15, -0.1) is 0 Å². The van der Waals surface area contributed by atoms with Gasteiger partial charge in [0.25, 0.3) is 6.02 Å². The monoisotopic (exact) mass is 370 g/mol. The first-order valence-electron chi connectivity index (χ1n) is 8.42. The van der Waals surface area contributed by atoms with Crippen molar-refractivity contribution < 1.29 is 14.3 Å². The summed E-state index contributed by atoms with van der Waals surface area (Å²) in [5.41, 5.74) is 4.42. The van der Waals surface area contributed by atoms with Gasteiger partial charge in [-0.3, -0.25) is 0 Å². The lowest BCUT2D eigenvalue weighted by Gasteiger charge is -2.31. The van der Waals surface area contributed by atoms with Crippen molar-refractivity contribution in [2.45, 2.75) is 24.8 Å². The first kappa shape index (κ1) is 16.9. The highest BCUT2D eigenvalue weighted by molar-refractivity contribution is 7.16. The zero-order valence-electron chi connectivity index (χ0n) is 14.1. The molecular formula is C18H19N4O3P. The van der Waals surface area contributed by atoms with Crippen molar-refractivity contribution in [2.75, 3.05) is 13.0 Å². The minimum absolute atomic E-state index is 0.226. The lowest BCUT2D eigenvalue weighted by molar-refractivity contribution is 0.167. The minimum atomic E-state index is -0.557. The summed E-state index contributed by atoms with van der Waals surface area (Å²) in [6, 6.07) is 6.53. The number of fused-ring (bicyclic) bond motifs is 1. The van der Waals surface area contributed by atoms with Crippen LogP contribution in [0.2, 0.25) is 0 Å². The van der Waals surface area contributed by atoms with E-state index in [0.717, 1.165) is 24.8 Å². The third kappa shape index (κ3) is 3.27. The topological polar surface area (TPSA) is 85.7 Å². The van der Waals surface area contributed by atoms with Gasteiger partial charge >= 0.3 is 6.09 Å². The average molecular weight is 370 g/mol. The van der Waals surface area contributed by atoms with Gasteiger partial charge in [0.05, 0.1) is 0 Å². The number of hydrogen-bond acceptors (Lipinski definition) is 6. The lowest BCUT2D eigenvalue weighted by Crippen LogP contribution is -2.35. The summed E-state index contributed by atoms with van der Waals surface area (Å²) >= 11 is 0. The molecule has 7 nitrogen and oxygen atoms in total. The summed E-state index contributed by atoms with van der Waals surface area (Å²) in [4.78, 5) is 24.5. The lowest BCUT2D eigenvalue weighted by atomic mass is 9.77. The Morgan fingerprint density at radius 3 is 3.00 bits per heavy atom. The smallest absolute Gasteiger partial charge is 0.415 e. The number of carbonyl (C=O) groups is 1. The number of aromatic nitrogens is 2. The molecule has 2 aliphatic rings. The van der Waals surface area contributed by atoms with Crippen molar-refractivity contribution >= 4 is 21.4 Å². The van der Waals surface area contributed by atoms with Crippen molar-refractivity contribution in [3.63, 3.8) is 0 Å². The molecule has 0 bridgehead atoms. The quantitative estimate of drug-likeness (QED) is 0.820. The van der Waals surface area contributed by atoms with Gasteiger partial charge in [-0.25, -0.2) is 25.1 Å². The fourth-order valence-electron chi connectivity index (χ4n) is 3.57. The molecule has 1 aliphatic heterocycles. The van der Waals surface area contributed by atoms with Gasteiger partial charge < -0.3 is 9.47 Å². The Balaban J connectivity index is 1.58. The molecule has 2 atom stereocenters. The van der Waals surface area contributed by atoms with Crippen LogP contribution in [-0.4, -0.2) is 40.6 Å². The van der Waals surface area contributed by atoms with Crippen LogP contribution in [0.15, 0.2) is 41.9 Å². The number of carbonyl (C=O) groups excluding carboxylic acids is 1. The molecular weight excluding hydrogens is 351 g/mol. The van der Waals surface area contributed by atoms with Gasteiger partial charge in [-0.05, 0) is 29.5 Å². The van der Waals surface area contributed by atoms with Gasteiger partial charge in [-0.1, -0.05) is 27.4 Å². The van der Waals surface area contributed by atoms with Crippen LogP contribution in [0.25, 0.3) is 11.1 Å². The van der Waals surface area contributed by atoms with E-state index in [1.165, 1.54) is 23.0 Å². The van der Waals surface area contributed by atoms with Crippen molar-refractivity contribution in [1.29, 1.82) is 0 Å². The molecule has 26 heavy (non-hydrogen) atoms. The van der Waals surface area contributed by atoms with Crippen molar-refractivity contribution in [3.05, 3.63) is 48.0 Å². The van der Waals surface area contributed by atoms with E-state index in [9.17, 15) is 4.79 Å². The summed E-state index contributed by atoms with van der Waals surface area (Å²) in [5.74, 6) is 0. The standard InChI is InChI=1S/C18H19N4O3P/c23-17(25-11-26)21-16-22-18(9-24-16)5-4-15-12(6-18)2-1-3-14(15)13-7-19-10-20-8-13/h1-3,7-8,10H,4-6,9,11,26H2,(H,21,22,23). The Labute approximate surface area is 153 Å². The largest absolute Gasteiger partial charge is 0.462 e. The van der Waals surface area contributed by atoms with E-state index >= 15 is 0 Å². The molecule has 0 radical (unpaired) electrons. The predicted molar refractivity (Wildman–Crippen MR) is 99.8 cm³/mol. The Morgan fingerprint density at radius 2 is 2.19 bits per heavy atom. The third-order valence-electron chi connectivity index (χ3n) is 4.74. The number of nitrogens with one attached hydrogen (secondary N) is 1. The van der Waals surface area contributed by atoms with Crippen LogP contribution in [0.4, 0.5) is 4.79 Å². The second-order valence-corrected chi connectivity index (χ2v) is 6.73. The van der Waals surface area contributed by atoms with Crippen LogP contribution < -0.4 is 5.32 Å². The Kier molecular flexibility index (Phi) is 4.55. The highest BCUT2D eigenvalue weighted by atomic mass is 31.0. The van der Waals surface area contributed by atoms with Gasteiger partial charge in [0, 0.05) is 24.4 Å².